The van der Waals surface area contributed by atoms with Crippen molar-refractivity contribution in [3.05, 3.63) is 59.3 Å². The SMILES string of the molecule is Cc1cccc(-c2ccc3[nH]c4c(c3c2)CN(C(=O)OC(C)(C)C)CC4)c1. The van der Waals surface area contributed by atoms with E-state index < -0.39 is 5.60 Å². The molecule has 0 aliphatic carbocycles. The number of carbonyl (C=O) groups excluding carboxylic acids is 1. The number of aryl methyl sites for hydroxylation is 1. The molecule has 0 unspecified atom stereocenters. The number of nitrogens with one attached hydrogen (secondary N) is 1. The van der Waals surface area contributed by atoms with Gasteiger partial charge >= 0.3 is 6.09 Å². The number of carbonyl (C=O) groups is 1. The standard InChI is InChI=1S/C23H26N2O2/c1-15-6-5-7-16(12-15)17-8-9-20-18(13-17)19-14-25(11-10-21(19)24-20)22(26)27-23(2,3)4/h5-9,12-13,24H,10-11,14H2,1-4H3. The normalized spacial score (nSPS) is 14.3. The van der Waals surface area contributed by atoms with Gasteiger partial charge in [-0.2, -0.15) is 0 Å². The summed E-state index contributed by atoms with van der Waals surface area (Å²) in [6, 6.07) is 15.1. The van der Waals surface area contributed by atoms with Crippen LogP contribution in [0.15, 0.2) is 42.5 Å². The maximum atomic E-state index is 12.5. The van der Waals surface area contributed by atoms with Crippen molar-refractivity contribution in [1.82, 2.24) is 9.88 Å². The molecule has 4 heteroatoms. The molecular weight excluding hydrogens is 336 g/mol. The van der Waals surface area contributed by atoms with Gasteiger partial charge in [0.05, 0.1) is 6.54 Å². The largest absolute Gasteiger partial charge is 0.444 e. The number of amides is 1. The number of nitrogens with zero attached hydrogens (tertiary/aromatic N) is 1. The van der Waals surface area contributed by atoms with Crippen LogP contribution in [0.4, 0.5) is 4.79 Å². The van der Waals surface area contributed by atoms with Crippen LogP contribution < -0.4 is 0 Å². The van der Waals surface area contributed by atoms with Gasteiger partial charge in [-0.3, -0.25) is 0 Å². The fourth-order valence-corrected chi connectivity index (χ4v) is 3.70. The molecule has 1 N–H and O–H groups in total. The van der Waals surface area contributed by atoms with Gasteiger partial charge < -0.3 is 14.6 Å². The highest BCUT2D eigenvalue weighted by Crippen LogP contribution is 2.32. The molecule has 1 aromatic heterocycles. The summed E-state index contributed by atoms with van der Waals surface area (Å²) in [5.74, 6) is 0. The summed E-state index contributed by atoms with van der Waals surface area (Å²) in [5.41, 5.74) is 6.75. The Labute approximate surface area is 160 Å². The molecule has 4 rings (SSSR count). The second kappa shape index (κ2) is 6.45. The second-order valence-corrected chi connectivity index (χ2v) is 8.36. The van der Waals surface area contributed by atoms with E-state index >= 15 is 0 Å². The molecule has 0 radical (unpaired) electrons. The van der Waals surface area contributed by atoms with Crippen LogP contribution in [-0.2, 0) is 17.7 Å². The number of aromatic nitrogens is 1. The minimum atomic E-state index is -0.476. The van der Waals surface area contributed by atoms with Gasteiger partial charge in [0.15, 0.2) is 0 Å². The Bertz CT molecular complexity index is 1010. The van der Waals surface area contributed by atoms with Gasteiger partial charge in [0.25, 0.3) is 0 Å². The zero-order valence-electron chi connectivity index (χ0n) is 16.4. The number of benzene rings is 2. The number of rotatable bonds is 1. The van der Waals surface area contributed by atoms with Crippen LogP contribution in [0.1, 0.15) is 37.6 Å². The van der Waals surface area contributed by atoms with Crippen LogP contribution in [0, 0.1) is 6.92 Å². The van der Waals surface area contributed by atoms with Gasteiger partial charge in [0.2, 0.25) is 0 Å². The van der Waals surface area contributed by atoms with E-state index in [1.165, 1.54) is 33.3 Å². The molecule has 0 saturated carbocycles. The average Bonchev–Trinajstić information content (AvgIpc) is 2.97. The van der Waals surface area contributed by atoms with Crippen LogP contribution in [0.25, 0.3) is 22.0 Å². The van der Waals surface area contributed by atoms with E-state index in [-0.39, 0.29) is 6.09 Å². The maximum Gasteiger partial charge on any atom is 0.410 e. The van der Waals surface area contributed by atoms with E-state index in [1.807, 2.05) is 20.8 Å². The van der Waals surface area contributed by atoms with Gasteiger partial charge in [0, 0.05) is 35.1 Å². The van der Waals surface area contributed by atoms with Crippen molar-refractivity contribution in [3.63, 3.8) is 0 Å². The third-order valence-electron chi connectivity index (χ3n) is 4.98. The van der Waals surface area contributed by atoms with Crippen molar-refractivity contribution < 1.29 is 9.53 Å². The second-order valence-electron chi connectivity index (χ2n) is 8.36. The molecule has 4 nitrogen and oxygen atoms in total. The highest BCUT2D eigenvalue weighted by atomic mass is 16.6. The lowest BCUT2D eigenvalue weighted by atomic mass is 9.99. The van der Waals surface area contributed by atoms with E-state index in [0.29, 0.717) is 13.1 Å². The summed E-state index contributed by atoms with van der Waals surface area (Å²) in [5, 5.41) is 1.19. The Morgan fingerprint density at radius 1 is 1.11 bits per heavy atom. The van der Waals surface area contributed by atoms with Crippen LogP contribution >= 0.6 is 0 Å². The molecule has 140 valence electrons. The fourth-order valence-electron chi connectivity index (χ4n) is 3.70. The zero-order valence-corrected chi connectivity index (χ0v) is 16.4. The Hall–Kier alpha value is -2.75. The Morgan fingerprint density at radius 2 is 1.89 bits per heavy atom. The minimum Gasteiger partial charge on any atom is -0.444 e. The monoisotopic (exact) mass is 362 g/mol. The average molecular weight is 362 g/mol. The van der Waals surface area contributed by atoms with Gasteiger partial charge in [-0.05, 0) is 51.0 Å². The van der Waals surface area contributed by atoms with E-state index in [4.69, 9.17) is 4.74 Å². The van der Waals surface area contributed by atoms with Gasteiger partial charge in [-0.25, -0.2) is 4.79 Å². The highest BCUT2D eigenvalue weighted by Gasteiger charge is 2.27. The molecule has 2 heterocycles. The molecule has 0 atom stereocenters. The highest BCUT2D eigenvalue weighted by molar-refractivity contribution is 5.89. The molecular formula is C23H26N2O2. The third kappa shape index (κ3) is 3.57. The topological polar surface area (TPSA) is 45.3 Å². The first-order valence-electron chi connectivity index (χ1n) is 9.48. The predicted octanol–water partition coefficient (Wildman–Crippen LogP) is 5.44. The number of hydrogen-bond donors (Lipinski definition) is 1. The number of fused-ring (bicyclic) bond motifs is 3. The van der Waals surface area contributed by atoms with Gasteiger partial charge in [-0.1, -0.05) is 35.9 Å². The predicted molar refractivity (Wildman–Crippen MR) is 109 cm³/mol. The van der Waals surface area contributed by atoms with Crippen LogP contribution in [0.2, 0.25) is 0 Å². The quantitative estimate of drug-likeness (QED) is 0.627. The number of hydrogen-bond acceptors (Lipinski definition) is 2. The molecule has 0 fully saturated rings. The van der Waals surface area contributed by atoms with E-state index in [0.717, 1.165) is 11.9 Å². The van der Waals surface area contributed by atoms with Gasteiger partial charge in [0.1, 0.15) is 5.60 Å². The summed E-state index contributed by atoms with van der Waals surface area (Å²) in [6.45, 7) is 9.08. The molecule has 0 spiro atoms. The molecule has 0 bridgehead atoms. The molecule has 1 amide bonds. The summed E-state index contributed by atoms with van der Waals surface area (Å²) >= 11 is 0. The summed E-state index contributed by atoms with van der Waals surface area (Å²) < 4.78 is 5.56. The third-order valence-corrected chi connectivity index (χ3v) is 4.98. The van der Waals surface area contributed by atoms with E-state index in [9.17, 15) is 4.79 Å². The Morgan fingerprint density at radius 3 is 2.63 bits per heavy atom. The van der Waals surface area contributed by atoms with Crippen molar-refractivity contribution >= 4 is 17.0 Å². The van der Waals surface area contributed by atoms with Crippen molar-refractivity contribution in [2.45, 2.75) is 46.3 Å². The molecule has 1 aliphatic heterocycles. The first-order chi connectivity index (χ1) is 12.8. The van der Waals surface area contributed by atoms with Crippen molar-refractivity contribution in [3.8, 4) is 11.1 Å². The lowest BCUT2D eigenvalue weighted by Crippen LogP contribution is -2.39. The minimum absolute atomic E-state index is 0.239. The fraction of sp³-hybridized carbons (Fsp3) is 0.348. The van der Waals surface area contributed by atoms with Crippen molar-refractivity contribution in [1.29, 1.82) is 0 Å². The Balaban J connectivity index is 1.69. The van der Waals surface area contributed by atoms with Crippen LogP contribution in [0.3, 0.4) is 0 Å². The molecule has 2 aromatic carbocycles. The lowest BCUT2D eigenvalue weighted by molar-refractivity contribution is 0.0224. The van der Waals surface area contributed by atoms with E-state index in [1.54, 1.807) is 4.90 Å². The molecule has 27 heavy (non-hydrogen) atoms. The summed E-state index contributed by atoms with van der Waals surface area (Å²) in [4.78, 5) is 17.8. The van der Waals surface area contributed by atoms with Crippen molar-refractivity contribution in [2.75, 3.05) is 6.54 Å². The number of ether oxygens (including phenoxy) is 1. The molecule has 3 aromatic rings. The zero-order chi connectivity index (χ0) is 19.2. The first kappa shape index (κ1) is 17.7. The summed E-state index contributed by atoms with van der Waals surface area (Å²) in [7, 11) is 0. The first-order valence-corrected chi connectivity index (χ1v) is 9.48. The smallest absolute Gasteiger partial charge is 0.410 e. The van der Waals surface area contributed by atoms with Crippen molar-refractivity contribution in [2.24, 2.45) is 0 Å². The maximum absolute atomic E-state index is 12.5. The lowest BCUT2D eigenvalue weighted by Gasteiger charge is -2.30. The van der Waals surface area contributed by atoms with E-state index in [2.05, 4.69) is 54.4 Å². The molecule has 0 saturated heterocycles. The van der Waals surface area contributed by atoms with Crippen LogP contribution in [0.5, 0.6) is 0 Å². The number of aromatic amines is 1. The molecule has 1 aliphatic rings. The van der Waals surface area contributed by atoms with Gasteiger partial charge in [-0.15, -0.1) is 0 Å². The summed E-state index contributed by atoms with van der Waals surface area (Å²) in [6.07, 6.45) is 0.584. The van der Waals surface area contributed by atoms with Crippen LogP contribution in [-0.4, -0.2) is 28.1 Å². The Kier molecular flexibility index (Phi) is 4.22. The number of H-pyrrole nitrogens is 1.